The number of imidazole rings is 1. The lowest BCUT2D eigenvalue weighted by atomic mass is 10.1. The van der Waals surface area contributed by atoms with E-state index in [1.165, 1.54) is 5.56 Å². The van der Waals surface area contributed by atoms with E-state index >= 15 is 0 Å². The first-order valence-corrected chi connectivity index (χ1v) is 6.43. The molecule has 0 unspecified atom stereocenters. The fourth-order valence-electron chi connectivity index (χ4n) is 2.59. The number of hydrogen-bond donors (Lipinski definition) is 2. The van der Waals surface area contributed by atoms with E-state index in [1.807, 2.05) is 12.1 Å². The Balaban J connectivity index is 1.86. The van der Waals surface area contributed by atoms with Crippen LogP contribution >= 0.6 is 0 Å². The van der Waals surface area contributed by atoms with Gasteiger partial charge < -0.3 is 10.3 Å². The molecule has 0 saturated heterocycles. The predicted octanol–water partition coefficient (Wildman–Crippen LogP) is 3.48. The molecule has 0 amide bonds. The zero-order valence-corrected chi connectivity index (χ0v) is 10.5. The molecule has 5 heteroatoms. The fraction of sp³-hybridized carbons (Fsp3) is 0.133. The van der Waals surface area contributed by atoms with Gasteiger partial charge in [0, 0.05) is 29.9 Å². The fourth-order valence-corrected chi connectivity index (χ4v) is 2.59. The Morgan fingerprint density at radius 1 is 1.05 bits per heavy atom. The summed E-state index contributed by atoms with van der Waals surface area (Å²) in [5, 5.41) is 3.29. The number of rotatable bonds is 1. The number of halogens is 2. The van der Waals surface area contributed by atoms with Gasteiger partial charge in [-0.3, -0.25) is 0 Å². The van der Waals surface area contributed by atoms with Gasteiger partial charge in [-0.05, 0) is 30.2 Å². The molecule has 4 rings (SSSR count). The minimum absolute atomic E-state index is 0.428. The zero-order chi connectivity index (χ0) is 13.7. The minimum atomic E-state index is -0.881. The van der Waals surface area contributed by atoms with E-state index in [2.05, 4.69) is 21.4 Å². The van der Waals surface area contributed by atoms with Crippen molar-refractivity contribution in [1.82, 2.24) is 9.97 Å². The van der Waals surface area contributed by atoms with Crippen LogP contribution < -0.4 is 5.32 Å². The molecule has 1 aromatic heterocycles. The van der Waals surface area contributed by atoms with Gasteiger partial charge in [-0.2, -0.15) is 0 Å². The Labute approximate surface area is 113 Å². The standard InChI is InChI=1S/C15H11F2N3/c16-10-6-13-14(7-11(10)17)20-15(19-13)9-1-2-12-8(5-9)3-4-18-12/h1-2,5-7,18H,3-4H2,(H,19,20). The highest BCUT2D eigenvalue weighted by molar-refractivity contribution is 5.80. The molecule has 0 radical (unpaired) electrons. The normalized spacial score (nSPS) is 13.5. The zero-order valence-electron chi connectivity index (χ0n) is 10.5. The van der Waals surface area contributed by atoms with Crippen LogP contribution in [0, 0.1) is 11.6 Å². The third-order valence-electron chi connectivity index (χ3n) is 3.61. The van der Waals surface area contributed by atoms with E-state index in [4.69, 9.17) is 0 Å². The molecular weight excluding hydrogens is 260 g/mol. The second kappa shape index (κ2) is 4.03. The number of hydrogen-bond acceptors (Lipinski definition) is 2. The van der Waals surface area contributed by atoms with Crippen molar-refractivity contribution in [3.05, 3.63) is 47.5 Å². The Morgan fingerprint density at radius 2 is 1.90 bits per heavy atom. The van der Waals surface area contributed by atoms with Gasteiger partial charge in [-0.15, -0.1) is 0 Å². The van der Waals surface area contributed by atoms with Gasteiger partial charge in [0.2, 0.25) is 0 Å². The van der Waals surface area contributed by atoms with E-state index in [9.17, 15) is 8.78 Å². The van der Waals surface area contributed by atoms with Crippen molar-refractivity contribution in [3.8, 4) is 11.4 Å². The van der Waals surface area contributed by atoms with Crippen molar-refractivity contribution in [3.63, 3.8) is 0 Å². The van der Waals surface area contributed by atoms with Crippen LogP contribution in [-0.2, 0) is 6.42 Å². The van der Waals surface area contributed by atoms with Crippen LogP contribution in [0.15, 0.2) is 30.3 Å². The molecule has 0 atom stereocenters. The first-order chi connectivity index (χ1) is 9.70. The number of anilines is 1. The summed E-state index contributed by atoms with van der Waals surface area (Å²) in [5.74, 6) is -1.13. The molecule has 20 heavy (non-hydrogen) atoms. The summed E-state index contributed by atoms with van der Waals surface area (Å²) in [5.41, 5.74) is 4.22. The summed E-state index contributed by atoms with van der Waals surface area (Å²) in [7, 11) is 0. The molecule has 0 fully saturated rings. The SMILES string of the molecule is Fc1cc2nc(-c3ccc4c(c3)CCN4)[nH]c2cc1F. The maximum Gasteiger partial charge on any atom is 0.161 e. The van der Waals surface area contributed by atoms with Gasteiger partial charge in [0.05, 0.1) is 11.0 Å². The number of nitrogens with one attached hydrogen (secondary N) is 2. The number of H-pyrrole nitrogens is 1. The lowest BCUT2D eigenvalue weighted by Crippen LogP contribution is -1.90. The maximum absolute atomic E-state index is 13.2. The van der Waals surface area contributed by atoms with E-state index in [-0.39, 0.29) is 0 Å². The quantitative estimate of drug-likeness (QED) is 0.711. The molecule has 0 saturated carbocycles. The monoisotopic (exact) mass is 271 g/mol. The van der Waals surface area contributed by atoms with Crippen LogP contribution in [-0.4, -0.2) is 16.5 Å². The van der Waals surface area contributed by atoms with Gasteiger partial charge >= 0.3 is 0 Å². The van der Waals surface area contributed by atoms with Crippen LogP contribution in [0.3, 0.4) is 0 Å². The topological polar surface area (TPSA) is 40.7 Å². The Hall–Kier alpha value is -2.43. The average molecular weight is 271 g/mol. The van der Waals surface area contributed by atoms with Crippen LogP contribution in [0.4, 0.5) is 14.5 Å². The maximum atomic E-state index is 13.2. The number of aromatic nitrogens is 2. The van der Waals surface area contributed by atoms with Gasteiger partial charge in [-0.1, -0.05) is 0 Å². The molecular formula is C15H11F2N3. The van der Waals surface area contributed by atoms with Gasteiger partial charge in [-0.25, -0.2) is 13.8 Å². The number of benzene rings is 2. The van der Waals surface area contributed by atoms with Gasteiger partial charge in [0.15, 0.2) is 11.6 Å². The van der Waals surface area contributed by atoms with Gasteiger partial charge in [0.25, 0.3) is 0 Å². The summed E-state index contributed by atoms with van der Waals surface area (Å²) in [6.45, 7) is 0.940. The van der Waals surface area contributed by atoms with Crippen molar-refractivity contribution in [2.45, 2.75) is 6.42 Å². The molecule has 0 bridgehead atoms. The second-order valence-electron chi connectivity index (χ2n) is 4.92. The summed E-state index contributed by atoms with van der Waals surface area (Å²) in [6.07, 6.45) is 0.979. The van der Waals surface area contributed by atoms with Crippen LogP contribution in [0.1, 0.15) is 5.56 Å². The number of nitrogens with zero attached hydrogens (tertiary/aromatic N) is 1. The molecule has 2 heterocycles. The van der Waals surface area contributed by atoms with Crippen molar-refractivity contribution in [2.24, 2.45) is 0 Å². The average Bonchev–Trinajstić information content (AvgIpc) is 3.04. The molecule has 1 aliphatic rings. The molecule has 100 valence electrons. The third-order valence-corrected chi connectivity index (χ3v) is 3.61. The Morgan fingerprint density at radius 3 is 2.80 bits per heavy atom. The first-order valence-electron chi connectivity index (χ1n) is 6.43. The smallest absolute Gasteiger partial charge is 0.161 e. The first kappa shape index (κ1) is 11.4. The summed E-state index contributed by atoms with van der Waals surface area (Å²) < 4.78 is 26.4. The molecule has 3 aromatic rings. The summed E-state index contributed by atoms with van der Waals surface area (Å²) >= 11 is 0. The van der Waals surface area contributed by atoms with E-state index in [1.54, 1.807) is 0 Å². The minimum Gasteiger partial charge on any atom is -0.384 e. The summed E-state index contributed by atoms with van der Waals surface area (Å²) in [6, 6.07) is 8.25. The molecule has 0 spiro atoms. The highest BCUT2D eigenvalue weighted by atomic mass is 19.2. The van der Waals surface area contributed by atoms with Crippen molar-refractivity contribution >= 4 is 16.7 Å². The number of aromatic amines is 1. The third kappa shape index (κ3) is 1.66. The Kier molecular flexibility index (Phi) is 2.30. The van der Waals surface area contributed by atoms with E-state index in [0.29, 0.717) is 16.9 Å². The molecule has 3 nitrogen and oxygen atoms in total. The second-order valence-corrected chi connectivity index (χ2v) is 4.92. The molecule has 2 N–H and O–H groups in total. The molecule has 0 aliphatic carbocycles. The van der Waals surface area contributed by atoms with E-state index < -0.39 is 11.6 Å². The van der Waals surface area contributed by atoms with Crippen molar-refractivity contribution < 1.29 is 8.78 Å². The lowest BCUT2D eigenvalue weighted by Gasteiger charge is -2.01. The number of fused-ring (bicyclic) bond motifs is 2. The van der Waals surface area contributed by atoms with Crippen molar-refractivity contribution in [2.75, 3.05) is 11.9 Å². The van der Waals surface area contributed by atoms with Crippen LogP contribution in [0.25, 0.3) is 22.4 Å². The summed E-state index contributed by atoms with van der Waals surface area (Å²) in [4.78, 5) is 7.36. The largest absolute Gasteiger partial charge is 0.384 e. The van der Waals surface area contributed by atoms with E-state index in [0.717, 1.165) is 36.3 Å². The lowest BCUT2D eigenvalue weighted by molar-refractivity contribution is 0.510. The predicted molar refractivity (Wildman–Crippen MR) is 73.6 cm³/mol. The van der Waals surface area contributed by atoms with Gasteiger partial charge in [0.1, 0.15) is 5.82 Å². The van der Waals surface area contributed by atoms with Crippen LogP contribution in [0.5, 0.6) is 0 Å². The van der Waals surface area contributed by atoms with Crippen molar-refractivity contribution in [1.29, 1.82) is 0 Å². The molecule has 2 aromatic carbocycles. The molecule has 1 aliphatic heterocycles. The highest BCUT2D eigenvalue weighted by Crippen LogP contribution is 2.28. The highest BCUT2D eigenvalue weighted by Gasteiger charge is 2.13. The Bertz CT molecular complexity index is 784. The van der Waals surface area contributed by atoms with Crippen LogP contribution in [0.2, 0.25) is 0 Å².